The van der Waals surface area contributed by atoms with E-state index in [0.717, 1.165) is 28.1 Å². The summed E-state index contributed by atoms with van der Waals surface area (Å²) in [4.78, 5) is 28.7. The molecule has 6 rings (SSSR count). The van der Waals surface area contributed by atoms with Gasteiger partial charge in [0.1, 0.15) is 18.1 Å². The Morgan fingerprint density at radius 2 is 1.73 bits per heavy atom. The van der Waals surface area contributed by atoms with Crippen molar-refractivity contribution < 1.29 is 14.3 Å². The van der Waals surface area contributed by atoms with E-state index in [-0.39, 0.29) is 29.4 Å². The predicted octanol–water partition coefficient (Wildman–Crippen LogP) is 6.42. The Morgan fingerprint density at radius 1 is 1.00 bits per heavy atom. The molecule has 200 valence electrons. The highest BCUT2D eigenvalue weighted by Crippen LogP contribution is 2.48. The number of nitrogens with one attached hydrogen (secondary N) is 1. The first-order valence-electron chi connectivity index (χ1n) is 12.7. The molecule has 0 unspecified atom stereocenters. The van der Waals surface area contributed by atoms with E-state index in [1.54, 1.807) is 39.8 Å². The number of thioether (sulfide) groups is 1. The molecule has 1 aliphatic rings. The second kappa shape index (κ2) is 11.4. The number of amides is 2. The number of methoxy groups -OCH3 is 1. The van der Waals surface area contributed by atoms with Gasteiger partial charge in [0, 0.05) is 16.8 Å². The summed E-state index contributed by atoms with van der Waals surface area (Å²) in [5.41, 5.74) is 5.16. The molecule has 1 aliphatic heterocycles. The van der Waals surface area contributed by atoms with Crippen molar-refractivity contribution >= 4 is 46.4 Å². The van der Waals surface area contributed by atoms with Gasteiger partial charge in [0.05, 0.1) is 29.5 Å². The number of ether oxygens (including phenoxy) is 1. The van der Waals surface area contributed by atoms with E-state index in [1.165, 1.54) is 0 Å². The third kappa shape index (κ3) is 5.13. The first kappa shape index (κ1) is 25.9. The lowest BCUT2D eigenvalue weighted by molar-refractivity contribution is -0.120. The first-order chi connectivity index (χ1) is 19.6. The van der Waals surface area contributed by atoms with Crippen LogP contribution in [0.4, 0.5) is 11.5 Å². The normalized spacial score (nSPS) is 14.9. The van der Waals surface area contributed by atoms with Crippen LogP contribution in [0.2, 0.25) is 0 Å². The quantitative estimate of drug-likeness (QED) is 0.246. The number of nitrogens with zero attached hydrogens (tertiary/aromatic N) is 3. The third-order valence-electron chi connectivity index (χ3n) is 6.66. The van der Waals surface area contributed by atoms with Crippen molar-refractivity contribution in [1.82, 2.24) is 9.78 Å². The molecular weight excluding hydrogens is 541 g/mol. The summed E-state index contributed by atoms with van der Waals surface area (Å²) in [6, 6.07) is 28.9. The Balaban J connectivity index is 1.54. The summed E-state index contributed by atoms with van der Waals surface area (Å²) >= 11 is 3.18. The number of hydrogen-bond acceptors (Lipinski definition) is 6. The van der Waals surface area contributed by atoms with Crippen LogP contribution in [0.5, 0.6) is 5.75 Å². The van der Waals surface area contributed by atoms with E-state index in [9.17, 15) is 9.59 Å². The molecule has 0 radical (unpaired) electrons. The summed E-state index contributed by atoms with van der Waals surface area (Å²) < 4.78 is 7.16. The molecule has 9 heteroatoms. The van der Waals surface area contributed by atoms with Crippen LogP contribution in [0, 0.1) is 0 Å². The van der Waals surface area contributed by atoms with Crippen LogP contribution in [-0.2, 0) is 9.59 Å². The van der Waals surface area contributed by atoms with Crippen molar-refractivity contribution in [1.29, 1.82) is 0 Å². The van der Waals surface area contributed by atoms with Crippen molar-refractivity contribution in [3.05, 3.63) is 113 Å². The minimum absolute atomic E-state index is 0.144. The number of thiophene rings is 1. The van der Waals surface area contributed by atoms with Crippen molar-refractivity contribution in [2.45, 2.75) is 5.25 Å². The second-order valence-corrected chi connectivity index (χ2v) is 11.1. The maximum absolute atomic E-state index is 13.8. The number of fused-ring (bicyclic) bond motifs is 1. The lowest BCUT2D eigenvalue weighted by atomic mass is 10.0. The van der Waals surface area contributed by atoms with Gasteiger partial charge in [0.25, 0.3) is 0 Å². The minimum Gasteiger partial charge on any atom is -0.497 e. The molecule has 3 aromatic carbocycles. The van der Waals surface area contributed by atoms with Crippen molar-refractivity contribution in [3.63, 3.8) is 0 Å². The highest BCUT2D eigenvalue weighted by molar-refractivity contribution is 8.00. The number of rotatable bonds is 7. The van der Waals surface area contributed by atoms with Gasteiger partial charge in [-0.3, -0.25) is 14.5 Å². The van der Waals surface area contributed by atoms with Crippen LogP contribution in [0.3, 0.4) is 0 Å². The van der Waals surface area contributed by atoms with E-state index in [0.29, 0.717) is 17.3 Å². The molecular formula is C31H26N4O3S2. The third-order valence-corrected chi connectivity index (χ3v) is 8.61. The number of anilines is 2. The Hall–Kier alpha value is -4.34. The summed E-state index contributed by atoms with van der Waals surface area (Å²) in [5.74, 6) is 1.10. The fraction of sp³-hybridized carbons (Fsp3) is 0.129. The monoisotopic (exact) mass is 566 g/mol. The number of para-hydroxylation sites is 1. The van der Waals surface area contributed by atoms with Gasteiger partial charge in [0.15, 0.2) is 0 Å². The van der Waals surface area contributed by atoms with Crippen LogP contribution in [-0.4, -0.2) is 41.0 Å². The van der Waals surface area contributed by atoms with Gasteiger partial charge in [-0.2, -0.15) is 16.4 Å². The summed E-state index contributed by atoms with van der Waals surface area (Å²) in [5, 5.41) is 12.0. The number of carbonyl (C=O) groups excluding carboxylic acids is 2. The minimum atomic E-state index is -0.284. The van der Waals surface area contributed by atoms with Gasteiger partial charge >= 0.3 is 0 Å². The van der Waals surface area contributed by atoms with Crippen molar-refractivity contribution in [2.24, 2.45) is 0 Å². The number of carbonyl (C=O) groups is 2. The summed E-state index contributed by atoms with van der Waals surface area (Å²) in [6.07, 6.45) is 0. The van der Waals surface area contributed by atoms with E-state index >= 15 is 0 Å². The maximum atomic E-state index is 13.8. The number of hydrogen-bond donors (Lipinski definition) is 1. The Labute approximate surface area is 240 Å². The van der Waals surface area contributed by atoms with Crippen LogP contribution in [0.15, 0.2) is 102 Å². The van der Waals surface area contributed by atoms with E-state index in [2.05, 4.69) is 16.8 Å². The SMILES string of the molecule is COc1ccc(-n2nc(-c3ccccc3)c3c2N(CC(=O)Nc2ccccc2)C(=O)CS[C@@H]3c2ccsc2)cc1. The van der Waals surface area contributed by atoms with Gasteiger partial charge in [-0.15, -0.1) is 11.8 Å². The highest BCUT2D eigenvalue weighted by Gasteiger charge is 2.37. The summed E-state index contributed by atoms with van der Waals surface area (Å²) in [6.45, 7) is -0.145. The fourth-order valence-electron chi connectivity index (χ4n) is 4.78. The molecule has 2 amide bonds. The zero-order chi connectivity index (χ0) is 27.5. The molecule has 0 spiro atoms. The molecule has 3 heterocycles. The molecule has 0 saturated heterocycles. The predicted molar refractivity (Wildman–Crippen MR) is 162 cm³/mol. The lowest BCUT2D eigenvalue weighted by Gasteiger charge is -2.23. The van der Waals surface area contributed by atoms with E-state index in [1.807, 2.05) is 90.3 Å². The molecule has 7 nitrogen and oxygen atoms in total. The van der Waals surface area contributed by atoms with Gasteiger partial charge in [0.2, 0.25) is 11.8 Å². The average molecular weight is 567 g/mol. The maximum Gasteiger partial charge on any atom is 0.244 e. The van der Waals surface area contributed by atoms with E-state index in [4.69, 9.17) is 9.84 Å². The molecule has 0 aliphatic carbocycles. The van der Waals surface area contributed by atoms with Crippen LogP contribution in [0.1, 0.15) is 16.4 Å². The van der Waals surface area contributed by atoms with Crippen LogP contribution >= 0.6 is 23.1 Å². The Morgan fingerprint density at radius 3 is 2.40 bits per heavy atom. The molecule has 2 aromatic heterocycles. The molecule has 40 heavy (non-hydrogen) atoms. The van der Waals surface area contributed by atoms with Gasteiger partial charge in [-0.25, -0.2) is 4.68 Å². The van der Waals surface area contributed by atoms with Gasteiger partial charge < -0.3 is 10.1 Å². The number of benzene rings is 3. The zero-order valence-corrected chi connectivity index (χ0v) is 23.3. The highest BCUT2D eigenvalue weighted by atomic mass is 32.2. The Kier molecular flexibility index (Phi) is 7.39. The molecule has 0 fully saturated rings. The molecule has 0 bridgehead atoms. The van der Waals surface area contributed by atoms with Crippen LogP contribution < -0.4 is 15.0 Å². The summed E-state index contributed by atoms with van der Waals surface area (Å²) in [7, 11) is 1.62. The molecule has 1 N–H and O–H groups in total. The van der Waals surface area contributed by atoms with E-state index < -0.39 is 0 Å². The topological polar surface area (TPSA) is 76.5 Å². The molecule has 1 atom stereocenters. The molecule has 5 aromatic rings. The lowest BCUT2D eigenvalue weighted by Crippen LogP contribution is -2.40. The molecule has 0 saturated carbocycles. The largest absolute Gasteiger partial charge is 0.497 e. The standard InChI is InChI=1S/C31H26N4O3S2/c1-38-25-14-12-24(13-15-25)35-31-28(29(33-35)21-8-4-2-5-9-21)30(22-16-17-39-19-22)40-20-27(37)34(31)18-26(36)32-23-10-6-3-7-11-23/h2-17,19,30H,18,20H2,1H3,(H,32,36)/t30-/m1/s1. The second-order valence-electron chi connectivity index (χ2n) is 9.20. The average Bonchev–Trinajstić information content (AvgIpc) is 3.64. The Bertz CT molecular complexity index is 1620. The first-order valence-corrected chi connectivity index (χ1v) is 14.7. The van der Waals surface area contributed by atoms with Crippen molar-refractivity contribution in [3.8, 4) is 22.7 Å². The zero-order valence-electron chi connectivity index (χ0n) is 21.7. The van der Waals surface area contributed by atoms with Gasteiger partial charge in [-0.1, -0.05) is 48.5 Å². The fourth-order valence-corrected chi connectivity index (χ4v) is 6.74. The van der Waals surface area contributed by atoms with Crippen molar-refractivity contribution in [2.75, 3.05) is 29.6 Å². The van der Waals surface area contributed by atoms with Crippen LogP contribution in [0.25, 0.3) is 16.9 Å². The van der Waals surface area contributed by atoms with Gasteiger partial charge in [-0.05, 0) is 58.8 Å². The number of aromatic nitrogens is 2. The smallest absolute Gasteiger partial charge is 0.244 e.